The molecule has 0 radical (unpaired) electrons. The van der Waals surface area contributed by atoms with Gasteiger partial charge in [-0.05, 0) is 38.0 Å². The largest absolute Gasteiger partial charge is 0.336 e. The number of aryl methyl sites for hydroxylation is 2. The average Bonchev–Trinajstić information content (AvgIpc) is 2.85. The van der Waals surface area contributed by atoms with Gasteiger partial charge in [0.2, 0.25) is 0 Å². The van der Waals surface area contributed by atoms with Gasteiger partial charge in [-0.3, -0.25) is 14.5 Å². The number of nitrogens with one attached hydrogen (secondary N) is 1. The van der Waals surface area contributed by atoms with Crippen LogP contribution in [-0.4, -0.2) is 51.9 Å². The minimum atomic E-state index is -0.439. The molecule has 26 heavy (non-hydrogen) atoms. The number of rotatable bonds is 3. The number of aromatic nitrogens is 2. The third kappa shape index (κ3) is 4.16. The van der Waals surface area contributed by atoms with Gasteiger partial charge in [-0.1, -0.05) is 12.1 Å². The number of nitrogens with zero attached hydrogens (tertiary/aromatic N) is 3. The summed E-state index contributed by atoms with van der Waals surface area (Å²) in [5, 5.41) is 0. The van der Waals surface area contributed by atoms with E-state index >= 15 is 0 Å². The number of H-pyrrole nitrogens is 1. The Kier molecular flexibility index (Phi) is 5.46. The molecule has 1 saturated heterocycles. The lowest BCUT2D eigenvalue weighted by molar-refractivity contribution is 0.0753. The highest BCUT2D eigenvalue weighted by molar-refractivity contribution is 5.92. The van der Waals surface area contributed by atoms with Crippen molar-refractivity contribution < 1.29 is 9.18 Å². The van der Waals surface area contributed by atoms with Crippen LogP contribution in [0.1, 0.15) is 33.9 Å². The van der Waals surface area contributed by atoms with Crippen LogP contribution in [0.25, 0.3) is 0 Å². The summed E-state index contributed by atoms with van der Waals surface area (Å²) >= 11 is 0. The summed E-state index contributed by atoms with van der Waals surface area (Å²) in [4.78, 5) is 35.6. The maximum absolute atomic E-state index is 13.0. The lowest BCUT2D eigenvalue weighted by atomic mass is 10.2. The van der Waals surface area contributed by atoms with Crippen molar-refractivity contribution in [2.45, 2.75) is 26.8 Å². The third-order valence-electron chi connectivity index (χ3n) is 4.74. The minimum Gasteiger partial charge on any atom is -0.336 e. The van der Waals surface area contributed by atoms with Gasteiger partial charge in [0.25, 0.3) is 11.5 Å². The molecule has 138 valence electrons. The van der Waals surface area contributed by atoms with Crippen LogP contribution in [-0.2, 0) is 6.54 Å². The lowest BCUT2D eigenvalue weighted by Crippen LogP contribution is -2.38. The first-order valence-corrected chi connectivity index (χ1v) is 8.77. The second-order valence-corrected chi connectivity index (χ2v) is 6.67. The third-order valence-corrected chi connectivity index (χ3v) is 4.74. The van der Waals surface area contributed by atoms with E-state index in [-0.39, 0.29) is 17.4 Å². The van der Waals surface area contributed by atoms with Crippen LogP contribution < -0.4 is 5.56 Å². The van der Waals surface area contributed by atoms with Gasteiger partial charge in [-0.25, -0.2) is 9.37 Å². The number of benzene rings is 1. The Morgan fingerprint density at radius 2 is 1.88 bits per heavy atom. The standard InChI is InChI=1S/C19H23FN4O2/c1-13-14(2)22-18(25)17(21-13)19(26)24-9-3-8-23(10-11-24)12-15-4-6-16(20)7-5-15/h4-7H,3,8-12H2,1-2H3,(H,22,25). The molecule has 2 aromatic rings. The van der Waals surface area contributed by atoms with Crippen LogP contribution >= 0.6 is 0 Å². The first kappa shape index (κ1) is 18.3. The van der Waals surface area contributed by atoms with Gasteiger partial charge in [0.1, 0.15) is 5.82 Å². The molecular weight excluding hydrogens is 335 g/mol. The molecule has 0 spiro atoms. The minimum absolute atomic E-state index is 0.0416. The Bertz CT molecular complexity index is 848. The predicted molar refractivity (Wildman–Crippen MR) is 96.5 cm³/mol. The molecule has 1 fully saturated rings. The number of carbonyl (C=O) groups is 1. The summed E-state index contributed by atoms with van der Waals surface area (Å²) in [6.45, 7) is 6.92. The zero-order valence-electron chi connectivity index (χ0n) is 15.1. The number of carbonyl (C=O) groups excluding carboxylic acids is 1. The highest BCUT2D eigenvalue weighted by Gasteiger charge is 2.24. The molecule has 1 aromatic carbocycles. The summed E-state index contributed by atoms with van der Waals surface area (Å²) in [7, 11) is 0. The molecule has 0 unspecified atom stereocenters. The van der Waals surface area contributed by atoms with Crippen molar-refractivity contribution in [2.75, 3.05) is 26.2 Å². The fourth-order valence-corrected chi connectivity index (χ4v) is 3.10. The maximum atomic E-state index is 13.0. The van der Waals surface area contributed by atoms with E-state index in [1.807, 2.05) is 0 Å². The van der Waals surface area contributed by atoms with E-state index in [0.29, 0.717) is 37.6 Å². The molecule has 7 heteroatoms. The topological polar surface area (TPSA) is 69.3 Å². The lowest BCUT2D eigenvalue weighted by Gasteiger charge is -2.21. The summed E-state index contributed by atoms with van der Waals surface area (Å²) in [6.07, 6.45) is 0.815. The van der Waals surface area contributed by atoms with Crippen LogP contribution in [0.15, 0.2) is 29.1 Å². The fraction of sp³-hybridized carbons (Fsp3) is 0.421. The van der Waals surface area contributed by atoms with Crippen molar-refractivity contribution in [3.05, 3.63) is 63.1 Å². The maximum Gasteiger partial charge on any atom is 0.279 e. The molecule has 1 aromatic heterocycles. The van der Waals surface area contributed by atoms with Crippen LogP contribution in [0.2, 0.25) is 0 Å². The molecule has 0 atom stereocenters. The van der Waals surface area contributed by atoms with E-state index < -0.39 is 5.56 Å². The van der Waals surface area contributed by atoms with Gasteiger partial charge in [0, 0.05) is 38.4 Å². The Morgan fingerprint density at radius 3 is 2.62 bits per heavy atom. The van der Waals surface area contributed by atoms with Crippen molar-refractivity contribution in [1.29, 1.82) is 0 Å². The molecule has 3 rings (SSSR count). The summed E-state index contributed by atoms with van der Waals surface area (Å²) < 4.78 is 13.0. The van der Waals surface area contributed by atoms with Crippen molar-refractivity contribution in [3.8, 4) is 0 Å². The van der Waals surface area contributed by atoms with Gasteiger partial charge in [-0.2, -0.15) is 0 Å². The number of hydrogen-bond acceptors (Lipinski definition) is 4. The monoisotopic (exact) mass is 358 g/mol. The summed E-state index contributed by atoms with van der Waals surface area (Å²) in [6, 6.07) is 6.48. The van der Waals surface area contributed by atoms with Crippen LogP contribution in [0.4, 0.5) is 4.39 Å². The smallest absolute Gasteiger partial charge is 0.279 e. The molecular formula is C19H23FN4O2. The molecule has 2 heterocycles. The second-order valence-electron chi connectivity index (χ2n) is 6.67. The molecule has 1 N–H and O–H groups in total. The Hall–Kier alpha value is -2.54. The molecule has 1 aliphatic rings. The number of halogens is 1. The van der Waals surface area contributed by atoms with E-state index in [1.54, 1.807) is 30.9 Å². The SMILES string of the molecule is Cc1nc(C(=O)N2CCCN(Cc3ccc(F)cc3)CC2)c(=O)[nH]c1C. The Labute approximate surface area is 151 Å². The Balaban J connectivity index is 1.66. The van der Waals surface area contributed by atoms with Gasteiger partial charge < -0.3 is 9.88 Å². The first-order chi connectivity index (χ1) is 12.4. The highest BCUT2D eigenvalue weighted by atomic mass is 19.1. The number of hydrogen-bond donors (Lipinski definition) is 1. The number of aromatic amines is 1. The zero-order valence-corrected chi connectivity index (χ0v) is 15.1. The average molecular weight is 358 g/mol. The molecule has 6 nitrogen and oxygen atoms in total. The summed E-state index contributed by atoms with van der Waals surface area (Å²) in [5.74, 6) is -0.564. The number of amides is 1. The fourth-order valence-electron chi connectivity index (χ4n) is 3.10. The Morgan fingerprint density at radius 1 is 1.15 bits per heavy atom. The van der Waals surface area contributed by atoms with Crippen LogP contribution in [0, 0.1) is 19.7 Å². The van der Waals surface area contributed by atoms with Crippen molar-refractivity contribution >= 4 is 5.91 Å². The zero-order chi connectivity index (χ0) is 18.7. The van der Waals surface area contributed by atoms with Gasteiger partial charge >= 0.3 is 0 Å². The molecule has 1 amide bonds. The molecule has 0 bridgehead atoms. The first-order valence-electron chi connectivity index (χ1n) is 8.77. The van der Waals surface area contributed by atoms with E-state index in [1.165, 1.54) is 12.1 Å². The summed E-state index contributed by atoms with van der Waals surface area (Å²) in [5.41, 5.74) is 1.89. The molecule has 1 aliphatic heterocycles. The van der Waals surface area contributed by atoms with Crippen molar-refractivity contribution in [3.63, 3.8) is 0 Å². The van der Waals surface area contributed by atoms with E-state index in [4.69, 9.17) is 0 Å². The highest BCUT2D eigenvalue weighted by Crippen LogP contribution is 2.11. The van der Waals surface area contributed by atoms with Gasteiger partial charge in [0.05, 0.1) is 5.69 Å². The van der Waals surface area contributed by atoms with E-state index in [9.17, 15) is 14.0 Å². The van der Waals surface area contributed by atoms with Crippen molar-refractivity contribution in [2.24, 2.45) is 0 Å². The predicted octanol–water partition coefficient (Wildman–Crippen LogP) is 1.87. The molecule has 0 aliphatic carbocycles. The second kappa shape index (κ2) is 7.78. The van der Waals surface area contributed by atoms with E-state index in [2.05, 4.69) is 14.9 Å². The quantitative estimate of drug-likeness (QED) is 0.910. The van der Waals surface area contributed by atoms with Gasteiger partial charge in [-0.15, -0.1) is 0 Å². The van der Waals surface area contributed by atoms with Crippen LogP contribution in [0.5, 0.6) is 0 Å². The van der Waals surface area contributed by atoms with Crippen molar-refractivity contribution in [1.82, 2.24) is 19.8 Å². The van der Waals surface area contributed by atoms with Gasteiger partial charge in [0.15, 0.2) is 5.69 Å². The molecule has 0 saturated carbocycles. The van der Waals surface area contributed by atoms with Crippen LogP contribution in [0.3, 0.4) is 0 Å². The van der Waals surface area contributed by atoms with E-state index in [0.717, 1.165) is 18.5 Å². The normalized spacial score (nSPS) is 15.7.